The van der Waals surface area contributed by atoms with Gasteiger partial charge in [-0.2, -0.15) is 0 Å². The maximum Gasteiger partial charge on any atom is 0.212 e. The molecule has 2 heterocycles. The van der Waals surface area contributed by atoms with Gasteiger partial charge in [0.1, 0.15) is 5.82 Å². The van der Waals surface area contributed by atoms with Crippen LogP contribution in [0.5, 0.6) is 0 Å². The van der Waals surface area contributed by atoms with E-state index < -0.39 is 0 Å². The van der Waals surface area contributed by atoms with Crippen molar-refractivity contribution in [1.82, 2.24) is 5.16 Å². The van der Waals surface area contributed by atoms with Crippen LogP contribution in [0.15, 0.2) is 45.5 Å². The van der Waals surface area contributed by atoms with E-state index in [9.17, 15) is 4.39 Å². The predicted molar refractivity (Wildman–Crippen MR) is 68.7 cm³/mol. The zero-order chi connectivity index (χ0) is 13.4. The second kappa shape index (κ2) is 4.28. The molecule has 0 aliphatic carbocycles. The fourth-order valence-corrected chi connectivity index (χ4v) is 1.99. The number of nitrogens with two attached hydrogens (primary N) is 1. The molecule has 19 heavy (non-hydrogen) atoms. The second-order valence-electron chi connectivity index (χ2n) is 4.22. The van der Waals surface area contributed by atoms with Gasteiger partial charge in [0, 0.05) is 0 Å². The molecule has 1 aromatic carbocycles. The van der Waals surface area contributed by atoms with Gasteiger partial charge in [0.2, 0.25) is 5.76 Å². The van der Waals surface area contributed by atoms with Crippen LogP contribution in [0.1, 0.15) is 5.56 Å². The standard InChI is InChI=1S/C14H11FN2O2/c1-8-5-6-18-12(8)13-11(14(16)17-19-13)9-3-2-4-10(15)7-9/h2-7H,1H3,(H2,16,17). The number of rotatable bonds is 2. The maximum absolute atomic E-state index is 13.3. The molecule has 0 atom stereocenters. The molecular formula is C14H11FN2O2. The van der Waals surface area contributed by atoms with Gasteiger partial charge in [-0.3, -0.25) is 0 Å². The summed E-state index contributed by atoms with van der Waals surface area (Å²) in [6.07, 6.45) is 1.55. The van der Waals surface area contributed by atoms with Crippen LogP contribution < -0.4 is 5.73 Å². The zero-order valence-electron chi connectivity index (χ0n) is 10.2. The Kier molecular flexibility index (Phi) is 2.59. The van der Waals surface area contributed by atoms with Crippen molar-refractivity contribution in [2.45, 2.75) is 6.92 Å². The monoisotopic (exact) mass is 258 g/mol. The highest BCUT2D eigenvalue weighted by Gasteiger charge is 2.21. The Morgan fingerprint density at radius 2 is 2.05 bits per heavy atom. The number of nitrogens with zero attached hydrogens (tertiary/aromatic N) is 1. The summed E-state index contributed by atoms with van der Waals surface area (Å²) in [4.78, 5) is 0. The summed E-state index contributed by atoms with van der Waals surface area (Å²) in [5, 5.41) is 3.74. The minimum Gasteiger partial charge on any atom is -0.461 e. The van der Waals surface area contributed by atoms with E-state index in [-0.39, 0.29) is 11.6 Å². The molecular weight excluding hydrogens is 247 g/mol. The van der Waals surface area contributed by atoms with E-state index in [0.717, 1.165) is 5.56 Å². The highest BCUT2D eigenvalue weighted by atomic mass is 19.1. The molecule has 3 aromatic rings. The molecule has 5 heteroatoms. The SMILES string of the molecule is Cc1ccoc1-c1onc(N)c1-c1cccc(F)c1. The molecule has 2 N–H and O–H groups in total. The fraction of sp³-hybridized carbons (Fsp3) is 0.0714. The van der Waals surface area contributed by atoms with E-state index in [0.29, 0.717) is 22.6 Å². The zero-order valence-corrected chi connectivity index (χ0v) is 10.2. The van der Waals surface area contributed by atoms with Crippen LogP contribution in [0.4, 0.5) is 10.2 Å². The lowest BCUT2D eigenvalue weighted by Crippen LogP contribution is -1.89. The number of aryl methyl sites for hydroxylation is 1. The molecule has 3 rings (SSSR count). The lowest BCUT2D eigenvalue weighted by atomic mass is 10.0. The van der Waals surface area contributed by atoms with Gasteiger partial charge in [-0.1, -0.05) is 17.3 Å². The quantitative estimate of drug-likeness (QED) is 0.762. The summed E-state index contributed by atoms with van der Waals surface area (Å²) >= 11 is 0. The Morgan fingerprint density at radius 1 is 1.21 bits per heavy atom. The van der Waals surface area contributed by atoms with E-state index in [4.69, 9.17) is 14.7 Å². The van der Waals surface area contributed by atoms with Gasteiger partial charge in [-0.25, -0.2) is 4.39 Å². The smallest absolute Gasteiger partial charge is 0.212 e. The van der Waals surface area contributed by atoms with Gasteiger partial charge in [-0.05, 0) is 36.2 Å². The molecule has 0 saturated heterocycles. The van der Waals surface area contributed by atoms with Crippen molar-refractivity contribution in [3.05, 3.63) is 48.0 Å². The molecule has 0 spiro atoms. The average molecular weight is 258 g/mol. The summed E-state index contributed by atoms with van der Waals surface area (Å²) in [6, 6.07) is 7.91. The molecule has 0 radical (unpaired) electrons. The lowest BCUT2D eigenvalue weighted by Gasteiger charge is -2.01. The number of aromatic nitrogens is 1. The number of halogens is 1. The Labute approximate surface area is 108 Å². The topological polar surface area (TPSA) is 65.2 Å². The van der Waals surface area contributed by atoms with Crippen molar-refractivity contribution >= 4 is 5.82 Å². The van der Waals surface area contributed by atoms with Gasteiger partial charge in [-0.15, -0.1) is 0 Å². The third-order valence-corrected chi connectivity index (χ3v) is 2.90. The van der Waals surface area contributed by atoms with Crippen LogP contribution in [-0.4, -0.2) is 5.16 Å². The van der Waals surface area contributed by atoms with Crippen LogP contribution >= 0.6 is 0 Å². The third-order valence-electron chi connectivity index (χ3n) is 2.90. The molecule has 0 saturated carbocycles. The molecule has 2 aromatic heterocycles. The second-order valence-corrected chi connectivity index (χ2v) is 4.22. The normalized spacial score (nSPS) is 10.8. The fourth-order valence-electron chi connectivity index (χ4n) is 1.99. The molecule has 0 bridgehead atoms. The molecule has 0 aliphatic heterocycles. The van der Waals surface area contributed by atoms with E-state index >= 15 is 0 Å². The van der Waals surface area contributed by atoms with Crippen LogP contribution in [0.2, 0.25) is 0 Å². The van der Waals surface area contributed by atoms with E-state index in [1.807, 2.05) is 13.0 Å². The largest absolute Gasteiger partial charge is 0.461 e. The van der Waals surface area contributed by atoms with Crippen LogP contribution in [0.3, 0.4) is 0 Å². The van der Waals surface area contributed by atoms with Crippen molar-refractivity contribution in [3.63, 3.8) is 0 Å². The summed E-state index contributed by atoms with van der Waals surface area (Å²) in [7, 11) is 0. The highest BCUT2D eigenvalue weighted by Crippen LogP contribution is 2.38. The van der Waals surface area contributed by atoms with Crippen molar-refractivity contribution in [3.8, 4) is 22.6 Å². The number of nitrogen functional groups attached to an aromatic ring is 1. The van der Waals surface area contributed by atoms with Crippen molar-refractivity contribution in [2.24, 2.45) is 0 Å². The van der Waals surface area contributed by atoms with Crippen molar-refractivity contribution in [1.29, 1.82) is 0 Å². The molecule has 4 nitrogen and oxygen atoms in total. The summed E-state index contributed by atoms with van der Waals surface area (Å²) in [5.41, 5.74) is 7.85. The maximum atomic E-state index is 13.3. The Hall–Kier alpha value is -2.56. The van der Waals surface area contributed by atoms with Crippen LogP contribution in [0.25, 0.3) is 22.6 Å². The van der Waals surface area contributed by atoms with Crippen molar-refractivity contribution in [2.75, 3.05) is 5.73 Å². The Bertz CT molecular complexity index is 731. The molecule has 0 aliphatic rings. The van der Waals surface area contributed by atoms with Crippen LogP contribution in [-0.2, 0) is 0 Å². The van der Waals surface area contributed by atoms with Gasteiger partial charge in [0.15, 0.2) is 11.6 Å². The number of furan rings is 1. The summed E-state index contributed by atoms with van der Waals surface area (Å²) < 4.78 is 23.9. The van der Waals surface area contributed by atoms with E-state index in [1.165, 1.54) is 12.1 Å². The van der Waals surface area contributed by atoms with Crippen LogP contribution in [0, 0.1) is 12.7 Å². The molecule has 0 amide bonds. The first-order valence-electron chi connectivity index (χ1n) is 5.72. The Morgan fingerprint density at radius 3 is 2.74 bits per heavy atom. The Balaban J connectivity index is 2.22. The lowest BCUT2D eigenvalue weighted by molar-refractivity contribution is 0.421. The number of benzene rings is 1. The predicted octanol–water partition coefficient (Wildman–Crippen LogP) is 3.63. The minimum atomic E-state index is -0.347. The van der Waals surface area contributed by atoms with Gasteiger partial charge in [0.05, 0.1) is 11.8 Å². The average Bonchev–Trinajstić information content (AvgIpc) is 2.95. The summed E-state index contributed by atoms with van der Waals surface area (Å²) in [5.74, 6) is 0.811. The molecule has 96 valence electrons. The minimum absolute atomic E-state index is 0.205. The van der Waals surface area contributed by atoms with E-state index in [1.54, 1.807) is 18.4 Å². The number of hydrogen-bond donors (Lipinski definition) is 1. The first kappa shape index (κ1) is 11.5. The highest BCUT2D eigenvalue weighted by molar-refractivity contribution is 5.85. The third kappa shape index (κ3) is 1.89. The van der Waals surface area contributed by atoms with Gasteiger partial charge < -0.3 is 14.7 Å². The first-order chi connectivity index (χ1) is 9.16. The summed E-state index contributed by atoms with van der Waals surface area (Å²) in [6.45, 7) is 1.88. The molecule has 0 fully saturated rings. The van der Waals surface area contributed by atoms with Gasteiger partial charge in [0.25, 0.3) is 0 Å². The van der Waals surface area contributed by atoms with Crippen molar-refractivity contribution < 1.29 is 13.3 Å². The molecule has 0 unspecified atom stereocenters. The van der Waals surface area contributed by atoms with Gasteiger partial charge >= 0.3 is 0 Å². The number of hydrogen-bond acceptors (Lipinski definition) is 4. The first-order valence-corrected chi connectivity index (χ1v) is 5.72. The van der Waals surface area contributed by atoms with E-state index in [2.05, 4.69) is 5.16 Å². The number of anilines is 1.